The zero-order valence-electron chi connectivity index (χ0n) is 17.9. The lowest BCUT2D eigenvalue weighted by atomic mass is 9.93. The highest BCUT2D eigenvalue weighted by molar-refractivity contribution is 5.78. The van der Waals surface area contributed by atoms with E-state index in [1.54, 1.807) is 7.11 Å². The molecule has 1 amide bonds. The number of amides is 1. The molecule has 28 heavy (non-hydrogen) atoms. The predicted octanol–water partition coefficient (Wildman–Crippen LogP) is 2.74. The quantitative estimate of drug-likeness (QED) is 0.731. The SMILES string of the molecule is COCCNC(=O)[C@H]1CCCN(C2CCN(Cc3ccc(C)cc3C)CC2)C1. The summed E-state index contributed by atoms with van der Waals surface area (Å²) in [5.74, 6) is 0.341. The van der Waals surface area contributed by atoms with Crippen molar-refractivity contribution >= 4 is 5.91 Å². The van der Waals surface area contributed by atoms with Crippen LogP contribution in [0.1, 0.15) is 42.4 Å². The molecule has 2 aliphatic heterocycles. The van der Waals surface area contributed by atoms with Gasteiger partial charge < -0.3 is 10.1 Å². The van der Waals surface area contributed by atoms with E-state index in [1.807, 2.05) is 0 Å². The van der Waals surface area contributed by atoms with Crippen molar-refractivity contribution in [3.63, 3.8) is 0 Å². The van der Waals surface area contributed by atoms with Crippen molar-refractivity contribution in [1.29, 1.82) is 0 Å². The molecule has 0 spiro atoms. The molecule has 1 N–H and O–H groups in total. The zero-order chi connectivity index (χ0) is 19.9. The van der Waals surface area contributed by atoms with Crippen molar-refractivity contribution in [1.82, 2.24) is 15.1 Å². The van der Waals surface area contributed by atoms with Gasteiger partial charge in [0.25, 0.3) is 0 Å². The summed E-state index contributed by atoms with van der Waals surface area (Å²) in [6.07, 6.45) is 4.57. The molecule has 0 saturated carbocycles. The predicted molar refractivity (Wildman–Crippen MR) is 113 cm³/mol. The molecule has 0 radical (unpaired) electrons. The van der Waals surface area contributed by atoms with Crippen molar-refractivity contribution in [3.8, 4) is 0 Å². The number of piperidine rings is 2. The Labute approximate surface area is 170 Å². The van der Waals surface area contributed by atoms with Crippen LogP contribution in [0.3, 0.4) is 0 Å². The molecule has 3 rings (SSSR count). The van der Waals surface area contributed by atoms with Gasteiger partial charge in [0.1, 0.15) is 0 Å². The van der Waals surface area contributed by atoms with Crippen LogP contribution in [0.25, 0.3) is 0 Å². The summed E-state index contributed by atoms with van der Waals surface area (Å²) in [6.45, 7) is 11.0. The van der Waals surface area contributed by atoms with E-state index in [1.165, 1.54) is 29.5 Å². The first-order valence-electron chi connectivity index (χ1n) is 10.9. The number of nitrogens with zero attached hydrogens (tertiary/aromatic N) is 2. The standard InChI is InChI=1S/C23H37N3O2/c1-18-6-7-20(19(2)15-18)16-25-12-8-22(9-13-25)26-11-4-5-21(17-26)23(27)24-10-14-28-3/h6-7,15,21-22H,4-5,8-14,16-17H2,1-3H3,(H,24,27)/t21-/m0/s1. The highest BCUT2D eigenvalue weighted by Crippen LogP contribution is 2.25. The van der Waals surface area contributed by atoms with Crippen LogP contribution in [-0.4, -0.2) is 68.2 Å². The van der Waals surface area contributed by atoms with Crippen LogP contribution in [0.5, 0.6) is 0 Å². The second-order valence-corrected chi connectivity index (χ2v) is 8.56. The second kappa shape index (κ2) is 10.4. The van der Waals surface area contributed by atoms with Crippen LogP contribution in [0.2, 0.25) is 0 Å². The number of carbonyl (C=O) groups excluding carboxylic acids is 1. The van der Waals surface area contributed by atoms with Crippen LogP contribution in [-0.2, 0) is 16.1 Å². The van der Waals surface area contributed by atoms with Crippen molar-refractivity contribution in [2.24, 2.45) is 5.92 Å². The number of aryl methyl sites for hydroxylation is 2. The monoisotopic (exact) mass is 387 g/mol. The maximum absolute atomic E-state index is 12.4. The maximum Gasteiger partial charge on any atom is 0.224 e. The van der Waals surface area contributed by atoms with Crippen molar-refractivity contribution in [2.75, 3.05) is 46.4 Å². The lowest BCUT2D eigenvalue weighted by molar-refractivity contribution is -0.127. The maximum atomic E-state index is 12.4. The number of likely N-dealkylation sites (tertiary alicyclic amines) is 2. The summed E-state index contributed by atoms with van der Waals surface area (Å²) in [5, 5.41) is 3.02. The summed E-state index contributed by atoms with van der Waals surface area (Å²) < 4.78 is 5.03. The molecule has 2 saturated heterocycles. The van der Waals surface area contributed by atoms with Crippen molar-refractivity contribution in [3.05, 3.63) is 34.9 Å². The van der Waals surface area contributed by atoms with Crippen LogP contribution in [0.4, 0.5) is 0 Å². The van der Waals surface area contributed by atoms with Gasteiger partial charge in [0, 0.05) is 32.8 Å². The molecular weight excluding hydrogens is 350 g/mol. The molecule has 0 aromatic heterocycles. The summed E-state index contributed by atoms with van der Waals surface area (Å²) >= 11 is 0. The zero-order valence-corrected chi connectivity index (χ0v) is 17.9. The molecular formula is C23H37N3O2. The lowest BCUT2D eigenvalue weighted by Gasteiger charge is -2.42. The molecule has 0 aliphatic carbocycles. The number of carbonyl (C=O) groups is 1. The fraction of sp³-hybridized carbons (Fsp3) is 0.696. The van der Waals surface area contributed by atoms with Gasteiger partial charge in [-0.05, 0) is 70.3 Å². The number of ether oxygens (including phenoxy) is 1. The number of hydrogen-bond donors (Lipinski definition) is 1. The Balaban J connectivity index is 1.45. The van der Waals surface area contributed by atoms with E-state index in [9.17, 15) is 4.79 Å². The van der Waals surface area contributed by atoms with Gasteiger partial charge in [-0.1, -0.05) is 23.8 Å². The third-order valence-corrected chi connectivity index (χ3v) is 6.39. The number of methoxy groups -OCH3 is 1. The topological polar surface area (TPSA) is 44.8 Å². The van der Waals surface area contributed by atoms with Crippen molar-refractivity contribution < 1.29 is 9.53 Å². The number of benzene rings is 1. The minimum atomic E-state index is 0.138. The van der Waals surface area contributed by atoms with Gasteiger partial charge in [-0.3, -0.25) is 14.6 Å². The molecule has 1 aromatic rings. The second-order valence-electron chi connectivity index (χ2n) is 8.56. The molecule has 1 aromatic carbocycles. The molecule has 156 valence electrons. The third kappa shape index (κ3) is 5.79. The first-order valence-corrected chi connectivity index (χ1v) is 10.9. The molecule has 2 heterocycles. The van der Waals surface area contributed by atoms with E-state index in [2.05, 4.69) is 47.2 Å². The molecule has 5 nitrogen and oxygen atoms in total. The summed E-state index contributed by atoms with van der Waals surface area (Å²) in [6, 6.07) is 7.42. The van der Waals surface area contributed by atoms with Gasteiger partial charge in [0.15, 0.2) is 0 Å². The number of nitrogens with one attached hydrogen (secondary N) is 1. The Hall–Kier alpha value is -1.43. The summed E-state index contributed by atoms with van der Waals surface area (Å²) in [5.41, 5.74) is 4.20. The van der Waals surface area contributed by atoms with E-state index < -0.39 is 0 Å². The Morgan fingerprint density at radius 2 is 1.96 bits per heavy atom. The van der Waals surface area contributed by atoms with Gasteiger partial charge in [-0.15, -0.1) is 0 Å². The van der Waals surface area contributed by atoms with Crippen LogP contribution in [0.15, 0.2) is 18.2 Å². The van der Waals surface area contributed by atoms with E-state index in [0.29, 0.717) is 19.2 Å². The molecule has 5 heteroatoms. The first kappa shape index (κ1) is 21.3. The molecule has 0 unspecified atom stereocenters. The normalized spacial score (nSPS) is 22.3. The molecule has 2 fully saturated rings. The average Bonchev–Trinajstić information content (AvgIpc) is 2.71. The average molecular weight is 388 g/mol. The Morgan fingerprint density at radius 1 is 1.18 bits per heavy atom. The molecule has 1 atom stereocenters. The fourth-order valence-electron chi connectivity index (χ4n) is 4.68. The number of rotatable bonds is 7. The van der Waals surface area contributed by atoms with Crippen LogP contribution in [0, 0.1) is 19.8 Å². The van der Waals surface area contributed by atoms with E-state index >= 15 is 0 Å². The largest absolute Gasteiger partial charge is 0.383 e. The Bertz CT molecular complexity index is 641. The molecule has 2 aliphatic rings. The van der Waals surface area contributed by atoms with Gasteiger partial charge in [0.05, 0.1) is 12.5 Å². The van der Waals surface area contributed by atoms with E-state index in [0.717, 1.165) is 45.6 Å². The summed E-state index contributed by atoms with van der Waals surface area (Å²) in [7, 11) is 1.67. The minimum Gasteiger partial charge on any atom is -0.383 e. The van der Waals surface area contributed by atoms with E-state index in [4.69, 9.17) is 4.74 Å². The van der Waals surface area contributed by atoms with Crippen LogP contribution >= 0.6 is 0 Å². The smallest absolute Gasteiger partial charge is 0.224 e. The summed E-state index contributed by atoms with van der Waals surface area (Å²) in [4.78, 5) is 17.6. The Morgan fingerprint density at radius 3 is 2.68 bits per heavy atom. The van der Waals surface area contributed by atoms with Gasteiger partial charge in [-0.25, -0.2) is 0 Å². The van der Waals surface area contributed by atoms with Gasteiger partial charge in [-0.2, -0.15) is 0 Å². The van der Waals surface area contributed by atoms with Crippen molar-refractivity contribution in [2.45, 2.75) is 52.1 Å². The fourth-order valence-corrected chi connectivity index (χ4v) is 4.68. The Kier molecular flexibility index (Phi) is 7.89. The number of hydrogen-bond acceptors (Lipinski definition) is 4. The van der Waals surface area contributed by atoms with Crippen LogP contribution < -0.4 is 5.32 Å². The lowest BCUT2D eigenvalue weighted by Crippen LogP contribution is -2.50. The van der Waals surface area contributed by atoms with Gasteiger partial charge >= 0.3 is 0 Å². The molecule has 0 bridgehead atoms. The van der Waals surface area contributed by atoms with E-state index in [-0.39, 0.29) is 11.8 Å². The highest BCUT2D eigenvalue weighted by atomic mass is 16.5. The highest BCUT2D eigenvalue weighted by Gasteiger charge is 2.31. The van der Waals surface area contributed by atoms with Gasteiger partial charge in [0.2, 0.25) is 5.91 Å². The minimum absolute atomic E-state index is 0.138. The first-order chi connectivity index (χ1) is 13.6. The third-order valence-electron chi connectivity index (χ3n) is 6.39.